The SMILES string of the molecule is Cc1cc(=O)c(-c2nc(SCC(=O)O)n[nH]2)c[nH]1. The lowest BCUT2D eigenvalue weighted by Gasteiger charge is -1.96. The first-order valence-corrected chi connectivity index (χ1v) is 6.01. The van der Waals surface area contributed by atoms with Gasteiger partial charge in [-0.15, -0.1) is 5.10 Å². The molecular formula is C10H10N4O3S. The molecule has 18 heavy (non-hydrogen) atoms. The molecule has 0 unspecified atom stereocenters. The lowest BCUT2D eigenvalue weighted by Crippen LogP contribution is -2.06. The van der Waals surface area contributed by atoms with Crippen LogP contribution >= 0.6 is 11.8 Å². The van der Waals surface area contributed by atoms with E-state index < -0.39 is 5.97 Å². The van der Waals surface area contributed by atoms with E-state index in [4.69, 9.17) is 5.11 Å². The molecule has 0 aromatic carbocycles. The van der Waals surface area contributed by atoms with Crippen LogP contribution in [0.3, 0.4) is 0 Å². The van der Waals surface area contributed by atoms with Crippen LogP contribution in [-0.4, -0.2) is 37.0 Å². The van der Waals surface area contributed by atoms with Gasteiger partial charge in [0.15, 0.2) is 11.3 Å². The first-order valence-electron chi connectivity index (χ1n) is 5.03. The smallest absolute Gasteiger partial charge is 0.313 e. The third-order valence-electron chi connectivity index (χ3n) is 2.10. The monoisotopic (exact) mass is 266 g/mol. The second-order valence-electron chi connectivity index (χ2n) is 3.54. The molecule has 94 valence electrons. The summed E-state index contributed by atoms with van der Waals surface area (Å²) in [6.07, 6.45) is 1.55. The standard InChI is InChI=1S/C10H10N4O3S/c1-5-2-7(15)6(3-11-5)9-12-10(14-13-9)18-4-8(16)17/h2-3H,4H2,1H3,(H,11,15)(H,16,17)(H,12,13,14). The Morgan fingerprint density at radius 2 is 2.33 bits per heavy atom. The minimum absolute atomic E-state index is 0.123. The van der Waals surface area contributed by atoms with Crippen LogP contribution in [0.5, 0.6) is 0 Å². The number of pyridine rings is 1. The Hall–Kier alpha value is -2.09. The number of carboxylic acid groups (broad SMARTS) is 1. The Labute approximate surface area is 106 Å². The maximum atomic E-state index is 11.7. The summed E-state index contributed by atoms with van der Waals surface area (Å²) in [5, 5.41) is 15.3. The number of thioether (sulfide) groups is 1. The van der Waals surface area contributed by atoms with Crippen LogP contribution in [0.4, 0.5) is 0 Å². The molecule has 8 heteroatoms. The van der Waals surface area contributed by atoms with Gasteiger partial charge in [0.25, 0.3) is 0 Å². The van der Waals surface area contributed by atoms with E-state index in [0.29, 0.717) is 16.5 Å². The third-order valence-corrected chi connectivity index (χ3v) is 2.93. The van der Waals surface area contributed by atoms with Crippen molar-refractivity contribution in [1.29, 1.82) is 0 Å². The van der Waals surface area contributed by atoms with E-state index in [-0.39, 0.29) is 11.2 Å². The Bertz CT molecular complexity index is 634. The fourth-order valence-corrected chi connectivity index (χ4v) is 1.83. The molecule has 0 spiro atoms. The number of rotatable bonds is 4. The number of nitrogens with one attached hydrogen (secondary N) is 2. The summed E-state index contributed by atoms with van der Waals surface area (Å²) in [4.78, 5) is 29.1. The molecule has 0 fully saturated rings. The van der Waals surface area contributed by atoms with Gasteiger partial charge in [-0.1, -0.05) is 11.8 Å². The largest absolute Gasteiger partial charge is 0.481 e. The van der Waals surface area contributed by atoms with Crippen molar-refractivity contribution < 1.29 is 9.90 Å². The highest BCUT2D eigenvalue weighted by atomic mass is 32.2. The van der Waals surface area contributed by atoms with E-state index in [0.717, 1.165) is 17.5 Å². The highest BCUT2D eigenvalue weighted by Gasteiger charge is 2.10. The van der Waals surface area contributed by atoms with Crippen LogP contribution in [0.1, 0.15) is 5.69 Å². The number of nitrogens with zero attached hydrogens (tertiary/aromatic N) is 2. The summed E-state index contributed by atoms with van der Waals surface area (Å²) in [6.45, 7) is 1.78. The van der Waals surface area contributed by atoms with Crippen molar-refractivity contribution in [3.05, 3.63) is 28.2 Å². The molecule has 2 heterocycles. The van der Waals surface area contributed by atoms with Crippen LogP contribution < -0.4 is 5.43 Å². The lowest BCUT2D eigenvalue weighted by atomic mass is 10.2. The Kier molecular flexibility index (Phi) is 3.47. The minimum Gasteiger partial charge on any atom is -0.481 e. The fourth-order valence-electron chi connectivity index (χ4n) is 1.32. The van der Waals surface area contributed by atoms with Gasteiger partial charge in [0, 0.05) is 18.0 Å². The summed E-state index contributed by atoms with van der Waals surface area (Å²) in [5.74, 6) is -0.745. The Morgan fingerprint density at radius 3 is 3.00 bits per heavy atom. The summed E-state index contributed by atoms with van der Waals surface area (Å²) < 4.78 is 0. The van der Waals surface area contributed by atoms with Gasteiger partial charge in [-0.25, -0.2) is 4.98 Å². The highest BCUT2D eigenvalue weighted by molar-refractivity contribution is 7.99. The molecule has 0 amide bonds. The van der Waals surface area contributed by atoms with Gasteiger partial charge in [0.2, 0.25) is 5.16 Å². The van der Waals surface area contributed by atoms with Gasteiger partial charge in [-0.3, -0.25) is 14.7 Å². The zero-order valence-electron chi connectivity index (χ0n) is 9.43. The predicted molar refractivity (Wildman–Crippen MR) is 65.5 cm³/mol. The molecular weight excluding hydrogens is 256 g/mol. The van der Waals surface area contributed by atoms with Crippen LogP contribution in [-0.2, 0) is 4.79 Å². The van der Waals surface area contributed by atoms with Crippen molar-refractivity contribution in [2.75, 3.05) is 5.75 Å². The number of carboxylic acids is 1. The molecule has 0 bridgehead atoms. The maximum absolute atomic E-state index is 11.7. The van der Waals surface area contributed by atoms with E-state index in [2.05, 4.69) is 20.2 Å². The molecule has 0 aliphatic heterocycles. The third kappa shape index (κ3) is 2.77. The number of H-pyrrole nitrogens is 2. The highest BCUT2D eigenvalue weighted by Crippen LogP contribution is 2.16. The normalized spacial score (nSPS) is 10.5. The number of hydrogen-bond donors (Lipinski definition) is 3. The average molecular weight is 266 g/mol. The second-order valence-corrected chi connectivity index (χ2v) is 4.49. The van der Waals surface area contributed by atoms with E-state index in [9.17, 15) is 9.59 Å². The van der Waals surface area contributed by atoms with Gasteiger partial charge >= 0.3 is 5.97 Å². The van der Waals surface area contributed by atoms with Crippen molar-refractivity contribution in [2.24, 2.45) is 0 Å². The van der Waals surface area contributed by atoms with Gasteiger partial charge in [-0.05, 0) is 6.92 Å². The van der Waals surface area contributed by atoms with Crippen LogP contribution in [0.15, 0.2) is 22.2 Å². The lowest BCUT2D eigenvalue weighted by molar-refractivity contribution is -0.133. The van der Waals surface area contributed by atoms with Crippen molar-refractivity contribution in [3.63, 3.8) is 0 Å². The predicted octanol–water partition coefficient (Wildman–Crippen LogP) is 0.645. The quantitative estimate of drug-likeness (QED) is 0.700. The molecule has 2 aromatic rings. The number of carbonyl (C=O) groups is 1. The van der Waals surface area contributed by atoms with Crippen LogP contribution in [0, 0.1) is 6.92 Å². The Morgan fingerprint density at radius 1 is 1.56 bits per heavy atom. The van der Waals surface area contributed by atoms with Crippen molar-refractivity contribution >= 4 is 17.7 Å². The number of aryl methyl sites for hydroxylation is 1. The molecule has 0 radical (unpaired) electrons. The zero-order chi connectivity index (χ0) is 13.1. The number of aromatic nitrogens is 4. The number of hydrogen-bond acceptors (Lipinski definition) is 5. The average Bonchev–Trinajstić information content (AvgIpc) is 2.75. The number of aromatic amines is 2. The maximum Gasteiger partial charge on any atom is 0.313 e. The minimum atomic E-state index is -0.945. The summed E-state index contributed by atoms with van der Waals surface area (Å²) in [7, 11) is 0. The molecule has 3 N–H and O–H groups in total. The van der Waals surface area contributed by atoms with Crippen molar-refractivity contribution in [3.8, 4) is 11.4 Å². The van der Waals surface area contributed by atoms with E-state index in [1.54, 1.807) is 13.1 Å². The summed E-state index contributed by atoms with van der Waals surface area (Å²) in [6, 6.07) is 1.46. The topological polar surface area (TPSA) is 112 Å². The van der Waals surface area contributed by atoms with Gasteiger partial charge < -0.3 is 10.1 Å². The van der Waals surface area contributed by atoms with Crippen molar-refractivity contribution in [1.82, 2.24) is 20.2 Å². The number of aliphatic carboxylic acids is 1. The molecule has 0 atom stereocenters. The summed E-state index contributed by atoms with van der Waals surface area (Å²) in [5.41, 5.74) is 0.955. The molecule has 2 rings (SSSR count). The van der Waals surface area contributed by atoms with E-state index in [1.807, 2.05) is 0 Å². The van der Waals surface area contributed by atoms with Crippen LogP contribution in [0.25, 0.3) is 11.4 Å². The fraction of sp³-hybridized carbons (Fsp3) is 0.200. The molecule has 2 aromatic heterocycles. The first-order chi connectivity index (χ1) is 8.56. The van der Waals surface area contributed by atoms with Gasteiger partial charge in [0.1, 0.15) is 0 Å². The molecule has 0 aliphatic carbocycles. The molecule has 0 aliphatic rings. The van der Waals surface area contributed by atoms with E-state index in [1.165, 1.54) is 6.07 Å². The van der Waals surface area contributed by atoms with Gasteiger partial charge in [-0.2, -0.15) is 0 Å². The molecule has 0 saturated carbocycles. The summed E-state index contributed by atoms with van der Waals surface area (Å²) >= 11 is 0.988. The Balaban J connectivity index is 2.24. The first kappa shape index (κ1) is 12.4. The second kappa shape index (κ2) is 5.05. The van der Waals surface area contributed by atoms with Crippen molar-refractivity contribution in [2.45, 2.75) is 12.1 Å². The van der Waals surface area contributed by atoms with Gasteiger partial charge in [0.05, 0.1) is 11.3 Å². The molecule has 0 saturated heterocycles. The van der Waals surface area contributed by atoms with Crippen LogP contribution in [0.2, 0.25) is 0 Å². The zero-order valence-corrected chi connectivity index (χ0v) is 10.2. The molecule has 7 nitrogen and oxygen atoms in total. The van der Waals surface area contributed by atoms with E-state index >= 15 is 0 Å².